The average Bonchev–Trinajstić information content (AvgIpc) is 2.20. The molecule has 0 radical (unpaired) electrons. The normalized spacial score (nSPS) is 22.9. The lowest BCUT2D eigenvalue weighted by molar-refractivity contribution is -0.161. The van der Waals surface area contributed by atoms with Gasteiger partial charge in [-0.05, 0) is 31.1 Å². The van der Waals surface area contributed by atoms with E-state index >= 15 is 0 Å². The molecular weight excluding hydrogens is 208 g/mol. The maximum atomic E-state index is 10.9. The molecule has 0 heterocycles. The maximum absolute atomic E-state index is 10.9. The summed E-state index contributed by atoms with van der Waals surface area (Å²) < 4.78 is 10.4. The van der Waals surface area contributed by atoms with E-state index in [-0.39, 0.29) is 12.7 Å². The Balaban J connectivity index is 2.39. The minimum absolute atomic E-state index is 0.0734. The standard InChI is InChI=1S/C12H22O4/c1-12(2)6-4-9(5-7-12)16-10(8-15-3)11(13)14/h9-10H,4-8H2,1-3H3,(H,13,14). The number of carboxylic acid groups (broad SMARTS) is 1. The molecule has 16 heavy (non-hydrogen) atoms. The van der Waals surface area contributed by atoms with E-state index in [0.29, 0.717) is 5.41 Å². The Bertz CT molecular complexity index is 227. The van der Waals surface area contributed by atoms with E-state index in [1.165, 1.54) is 7.11 Å². The van der Waals surface area contributed by atoms with Crippen molar-refractivity contribution in [2.75, 3.05) is 13.7 Å². The highest BCUT2D eigenvalue weighted by atomic mass is 16.6. The van der Waals surface area contributed by atoms with Crippen molar-refractivity contribution < 1.29 is 19.4 Å². The van der Waals surface area contributed by atoms with Crippen LogP contribution in [-0.4, -0.2) is 37.0 Å². The second-order valence-corrected chi connectivity index (χ2v) is 5.28. The lowest BCUT2D eigenvalue weighted by Crippen LogP contribution is -2.36. The van der Waals surface area contributed by atoms with Gasteiger partial charge in [-0.1, -0.05) is 13.8 Å². The van der Waals surface area contributed by atoms with Crippen molar-refractivity contribution in [1.29, 1.82) is 0 Å². The summed E-state index contributed by atoms with van der Waals surface area (Å²) in [6.45, 7) is 4.61. The topological polar surface area (TPSA) is 55.8 Å². The van der Waals surface area contributed by atoms with Crippen LogP contribution in [0.25, 0.3) is 0 Å². The summed E-state index contributed by atoms with van der Waals surface area (Å²) in [7, 11) is 1.49. The van der Waals surface area contributed by atoms with Gasteiger partial charge in [0.25, 0.3) is 0 Å². The van der Waals surface area contributed by atoms with E-state index in [0.717, 1.165) is 25.7 Å². The quantitative estimate of drug-likeness (QED) is 0.785. The van der Waals surface area contributed by atoms with Crippen molar-refractivity contribution in [2.24, 2.45) is 5.41 Å². The monoisotopic (exact) mass is 230 g/mol. The molecule has 1 unspecified atom stereocenters. The SMILES string of the molecule is COCC(OC1CCC(C)(C)CC1)C(=O)O. The summed E-state index contributed by atoms with van der Waals surface area (Å²) >= 11 is 0. The molecule has 1 fully saturated rings. The fourth-order valence-corrected chi connectivity index (χ4v) is 2.06. The van der Waals surface area contributed by atoms with Gasteiger partial charge in [-0.2, -0.15) is 0 Å². The second-order valence-electron chi connectivity index (χ2n) is 5.28. The molecule has 0 aromatic heterocycles. The van der Waals surface area contributed by atoms with Crippen LogP contribution in [0.15, 0.2) is 0 Å². The van der Waals surface area contributed by atoms with Crippen molar-refractivity contribution in [3.8, 4) is 0 Å². The van der Waals surface area contributed by atoms with E-state index in [9.17, 15) is 4.79 Å². The molecule has 0 aromatic rings. The summed E-state index contributed by atoms with van der Waals surface area (Å²) in [5.41, 5.74) is 0.375. The number of aliphatic carboxylic acids is 1. The molecule has 1 saturated carbocycles. The Labute approximate surface area is 96.9 Å². The lowest BCUT2D eigenvalue weighted by atomic mass is 9.76. The summed E-state index contributed by atoms with van der Waals surface area (Å²) in [5, 5.41) is 8.93. The minimum Gasteiger partial charge on any atom is -0.479 e. The number of ether oxygens (including phenoxy) is 2. The summed E-state index contributed by atoms with van der Waals surface area (Å²) in [6, 6.07) is 0. The predicted molar refractivity (Wildman–Crippen MR) is 60.4 cm³/mol. The van der Waals surface area contributed by atoms with Crippen LogP contribution in [0.1, 0.15) is 39.5 Å². The Morgan fingerprint density at radius 2 is 2.00 bits per heavy atom. The van der Waals surface area contributed by atoms with Gasteiger partial charge in [0.15, 0.2) is 6.10 Å². The average molecular weight is 230 g/mol. The van der Waals surface area contributed by atoms with E-state index in [2.05, 4.69) is 13.8 Å². The predicted octanol–water partition coefficient (Wildman–Crippen LogP) is 2.07. The molecule has 4 heteroatoms. The lowest BCUT2D eigenvalue weighted by Gasteiger charge is -2.35. The maximum Gasteiger partial charge on any atom is 0.335 e. The summed E-state index contributed by atoms with van der Waals surface area (Å²) in [4.78, 5) is 10.9. The van der Waals surface area contributed by atoms with E-state index in [1.54, 1.807) is 0 Å². The highest BCUT2D eigenvalue weighted by Gasteiger charge is 2.30. The number of hydrogen-bond donors (Lipinski definition) is 1. The molecule has 1 rings (SSSR count). The fraction of sp³-hybridized carbons (Fsp3) is 0.917. The highest BCUT2D eigenvalue weighted by Crippen LogP contribution is 2.36. The van der Waals surface area contributed by atoms with Crippen LogP contribution in [0.5, 0.6) is 0 Å². The largest absolute Gasteiger partial charge is 0.479 e. The first kappa shape index (κ1) is 13.5. The van der Waals surface area contributed by atoms with Gasteiger partial charge in [0, 0.05) is 7.11 Å². The molecule has 0 bridgehead atoms. The fourth-order valence-electron chi connectivity index (χ4n) is 2.06. The molecule has 1 aliphatic carbocycles. The van der Waals surface area contributed by atoms with Gasteiger partial charge in [0.1, 0.15) is 0 Å². The highest BCUT2D eigenvalue weighted by molar-refractivity contribution is 5.72. The Morgan fingerprint density at radius 3 is 2.44 bits per heavy atom. The van der Waals surface area contributed by atoms with Crippen molar-refractivity contribution in [3.63, 3.8) is 0 Å². The van der Waals surface area contributed by atoms with Crippen molar-refractivity contribution in [2.45, 2.75) is 51.7 Å². The zero-order valence-corrected chi connectivity index (χ0v) is 10.4. The van der Waals surface area contributed by atoms with Crippen LogP contribution in [0.3, 0.4) is 0 Å². The molecular formula is C12H22O4. The van der Waals surface area contributed by atoms with E-state index in [4.69, 9.17) is 14.6 Å². The van der Waals surface area contributed by atoms with Crippen LogP contribution >= 0.6 is 0 Å². The van der Waals surface area contributed by atoms with Crippen molar-refractivity contribution in [1.82, 2.24) is 0 Å². The first-order chi connectivity index (χ1) is 7.44. The minimum atomic E-state index is -0.938. The molecule has 4 nitrogen and oxygen atoms in total. The second kappa shape index (κ2) is 5.64. The van der Waals surface area contributed by atoms with Crippen LogP contribution in [0.4, 0.5) is 0 Å². The molecule has 94 valence electrons. The number of methoxy groups -OCH3 is 1. The molecule has 1 atom stereocenters. The molecule has 0 aliphatic heterocycles. The Hall–Kier alpha value is -0.610. The third kappa shape index (κ3) is 4.10. The Morgan fingerprint density at radius 1 is 1.44 bits per heavy atom. The van der Waals surface area contributed by atoms with E-state index in [1.807, 2.05) is 0 Å². The third-order valence-electron chi connectivity index (χ3n) is 3.24. The van der Waals surface area contributed by atoms with Crippen LogP contribution in [-0.2, 0) is 14.3 Å². The first-order valence-corrected chi connectivity index (χ1v) is 5.82. The molecule has 0 aromatic carbocycles. The summed E-state index contributed by atoms with van der Waals surface area (Å²) in [6.07, 6.45) is 3.33. The molecule has 1 aliphatic rings. The zero-order chi connectivity index (χ0) is 12.2. The number of carboxylic acids is 1. The van der Waals surface area contributed by atoms with Crippen molar-refractivity contribution >= 4 is 5.97 Å². The van der Waals surface area contributed by atoms with Crippen LogP contribution in [0, 0.1) is 5.41 Å². The number of hydrogen-bond acceptors (Lipinski definition) is 3. The van der Waals surface area contributed by atoms with Gasteiger partial charge in [-0.25, -0.2) is 4.79 Å². The summed E-state index contributed by atoms with van der Waals surface area (Å²) in [5.74, 6) is -0.938. The van der Waals surface area contributed by atoms with Crippen LogP contribution < -0.4 is 0 Å². The van der Waals surface area contributed by atoms with Gasteiger partial charge in [-0.15, -0.1) is 0 Å². The van der Waals surface area contributed by atoms with Gasteiger partial charge in [-0.3, -0.25) is 0 Å². The van der Waals surface area contributed by atoms with E-state index < -0.39 is 12.1 Å². The molecule has 0 spiro atoms. The zero-order valence-electron chi connectivity index (χ0n) is 10.4. The van der Waals surface area contributed by atoms with Gasteiger partial charge >= 0.3 is 5.97 Å². The van der Waals surface area contributed by atoms with Crippen molar-refractivity contribution in [3.05, 3.63) is 0 Å². The smallest absolute Gasteiger partial charge is 0.335 e. The van der Waals surface area contributed by atoms with Gasteiger partial charge < -0.3 is 14.6 Å². The van der Waals surface area contributed by atoms with Gasteiger partial charge in [0.05, 0.1) is 12.7 Å². The third-order valence-corrected chi connectivity index (χ3v) is 3.24. The molecule has 0 amide bonds. The first-order valence-electron chi connectivity index (χ1n) is 5.82. The molecule has 0 saturated heterocycles. The number of rotatable bonds is 5. The molecule has 1 N–H and O–H groups in total. The van der Waals surface area contributed by atoms with Crippen LogP contribution in [0.2, 0.25) is 0 Å². The number of carbonyl (C=O) groups is 1. The Kier molecular flexibility index (Phi) is 4.74. The van der Waals surface area contributed by atoms with Gasteiger partial charge in [0.2, 0.25) is 0 Å².